The number of sulfonamides is 1. The van der Waals surface area contributed by atoms with Crippen LogP contribution >= 0.6 is 8.03 Å². The molecule has 12 nitrogen and oxygen atoms in total. The molecule has 260 valence electrons. The number of hydrogen-bond acceptors (Lipinski definition) is 8. The number of methoxy groups -OCH3 is 1. The van der Waals surface area contributed by atoms with E-state index in [0.29, 0.717) is 28.7 Å². The lowest BCUT2D eigenvalue weighted by atomic mass is 9.86. The van der Waals surface area contributed by atoms with Crippen molar-refractivity contribution >= 4 is 63.4 Å². The van der Waals surface area contributed by atoms with Gasteiger partial charge in [0.15, 0.2) is 5.75 Å². The molecule has 50 heavy (non-hydrogen) atoms. The van der Waals surface area contributed by atoms with Gasteiger partial charge < -0.3 is 25.4 Å². The minimum atomic E-state index is -3.63. The molecule has 0 aliphatic carbocycles. The highest BCUT2D eigenvalue weighted by Crippen LogP contribution is 2.40. The first-order valence-corrected chi connectivity index (χ1v) is 18.8. The van der Waals surface area contributed by atoms with Gasteiger partial charge in [-0.1, -0.05) is 51.1 Å². The summed E-state index contributed by atoms with van der Waals surface area (Å²) in [7, 11) is -4.50. The third-order valence-electron chi connectivity index (χ3n) is 7.71. The minimum absolute atomic E-state index is 0.0991. The predicted molar refractivity (Wildman–Crippen MR) is 199 cm³/mol. The van der Waals surface area contributed by atoms with E-state index in [4.69, 9.17) is 9.47 Å². The molecular weight excluding hydrogens is 677 g/mol. The number of ether oxygens (including phenoxy) is 2. The Labute approximate surface area is 292 Å². The molecule has 0 saturated heterocycles. The van der Waals surface area contributed by atoms with Gasteiger partial charge in [0.25, 0.3) is 0 Å². The molecule has 5 rings (SSSR count). The fraction of sp³-hybridized carbons (Fsp3) is 0.222. The lowest BCUT2D eigenvalue weighted by Crippen LogP contribution is -2.22. The normalized spacial score (nSPS) is 11.9. The first-order valence-electron chi connectivity index (χ1n) is 15.5. The minimum Gasteiger partial charge on any atom is -0.492 e. The molecule has 2 amide bonds. The largest absolute Gasteiger partial charge is 0.510 e. The highest BCUT2D eigenvalue weighted by molar-refractivity contribution is 7.92. The summed E-state index contributed by atoms with van der Waals surface area (Å²) < 4.78 is 49.8. The number of aromatic nitrogens is 1. The molecule has 4 aromatic carbocycles. The van der Waals surface area contributed by atoms with Crippen LogP contribution in [0.5, 0.6) is 17.2 Å². The molecule has 0 fully saturated rings. The Morgan fingerprint density at radius 2 is 1.62 bits per heavy atom. The number of nitrogens with one attached hydrogen (secondary N) is 4. The first-order chi connectivity index (χ1) is 23.6. The maximum atomic E-state index is 13.4. The number of aryl methyl sites for hydroxylation is 1. The third kappa shape index (κ3) is 9.06. The van der Waals surface area contributed by atoms with Crippen molar-refractivity contribution in [2.24, 2.45) is 0 Å². The number of amides is 2. The molecule has 0 aliphatic heterocycles. The van der Waals surface area contributed by atoms with Gasteiger partial charge in [0, 0.05) is 34.3 Å². The van der Waals surface area contributed by atoms with Crippen LogP contribution < -0.4 is 30.1 Å². The van der Waals surface area contributed by atoms with Crippen molar-refractivity contribution in [2.45, 2.75) is 39.3 Å². The Kier molecular flexibility index (Phi) is 10.6. The number of hydrogen-bond donors (Lipinski definition) is 5. The van der Waals surface area contributed by atoms with E-state index < -0.39 is 24.1 Å². The Morgan fingerprint density at radius 3 is 2.28 bits per heavy atom. The summed E-state index contributed by atoms with van der Waals surface area (Å²) in [6.07, 6.45) is 2.77. The van der Waals surface area contributed by atoms with Crippen LogP contribution in [-0.2, 0) is 26.2 Å². The first kappa shape index (κ1) is 36.1. The van der Waals surface area contributed by atoms with E-state index in [-0.39, 0.29) is 23.0 Å². The van der Waals surface area contributed by atoms with Gasteiger partial charge >= 0.3 is 14.1 Å². The summed E-state index contributed by atoms with van der Waals surface area (Å²) in [6.45, 7) is 7.83. The Morgan fingerprint density at radius 1 is 0.920 bits per heavy atom. The smallest absolute Gasteiger partial charge is 0.492 e. The van der Waals surface area contributed by atoms with Gasteiger partial charge in [-0.2, -0.15) is 4.89 Å². The summed E-state index contributed by atoms with van der Waals surface area (Å²) in [6, 6.07) is 22.9. The Hall–Kier alpha value is -5.23. The van der Waals surface area contributed by atoms with Gasteiger partial charge in [-0.15, -0.1) is 0 Å². The van der Waals surface area contributed by atoms with Crippen molar-refractivity contribution in [1.29, 1.82) is 0 Å². The molecule has 1 unspecified atom stereocenters. The summed E-state index contributed by atoms with van der Waals surface area (Å²) in [5.74, 6) is 1.80. The third-order valence-corrected chi connectivity index (χ3v) is 8.92. The van der Waals surface area contributed by atoms with Gasteiger partial charge in [0.2, 0.25) is 16.2 Å². The number of carbonyl (C=O) groups excluding carboxylic acids is 1. The number of anilines is 5. The van der Waals surface area contributed by atoms with Crippen LogP contribution in [0.25, 0.3) is 10.8 Å². The van der Waals surface area contributed by atoms with Gasteiger partial charge in [0.1, 0.15) is 17.3 Å². The van der Waals surface area contributed by atoms with Crippen LogP contribution in [0, 0.1) is 6.92 Å². The van der Waals surface area contributed by atoms with Crippen molar-refractivity contribution in [3.05, 3.63) is 102 Å². The molecule has 1 atom stereocenters. The SMILES string of the molecule is COc1c(NC(=O)Nc2ccc(Oc3ccnc(Nc4ccc(C[P+](=O)O)c(C)c4)c3)c3ccccc23)cc(C(C)(C)C)cc1NS(C)(=O)=O. The number of fused-ring (bicyclic) bond motifs is 1. The number of nitrogens with zero attached hydrogens (tertiary/aromatic N) is 1. The second kappa shape index (κ2) is 14.7. The van der Waals surface area contributed by atoms with E-state index in [1.165, 1.54) is 7.11 Å². The molecule has 0 aliphatic rings. The van der Waals surface area contributed by atoms with E-state index in [1.807, 2.05) is 70.2 Å². The molecule has 1 aromatic heterocycles. The fourth-order valence-corrected chi connectivity index (χ4v) is 6.51. The monoisotopic (exact) mass is 716 g/mol. The summed E-state index contributed by atoms with van der Waals surface area (Å²) in [5, 5.41) is 10.5. The molecule has 1 heterocycles. The molecular formula is C36H39N5O7PS+. The lowest BCUT2D eigenvalue weighted by molar-refractivity contribution is 0.262. The van der Waals surface area contributed by atoms with Crippen molar-refractivity contribution in [1.82, 2.24) is 4.98 Å². The Bertz CT molecular complexity index is 2200. The van der Waals surface area contributed by atoms with Crippen LogP contribution in [0.3, 0.4) is 0 Å². The highest BCUT2D eigenvalue weighted by Gasteiger charge is 2.23. The van der Waals surface area contributed by atoms with Crippen LogP contribution in [0.15, 0.2) is 85.1 Å². The maximum Gasteiger partial charge on any atom is 0.510 e. The van der Waals surface area contributed by atoms with Crippen molar-refractivity contribution in [3.8, 4) is 17.2 Å². The van der Waals surface area contributed by atoms with Crippen LogP contribution in [0.1, 0.15) is 37.5 Å². The quantitative estimate of drug-likeness (QED) is 0.0841. The van der Waals surface area contributed by atoms with Gasteiger partial charge in [0.05, 0.1) is 30.4 Å². The molecule has 5 aromatic rings. The summed E-state index contributed by atoms with van der Waals surface area (Å²) in [5.41, 5.74) is 3.91. The molecule has 0 saturated carbocycles. The fourth-order valence-electron chi connectivity index (χ4n) is 5.31. The van der Waals surface area contributed by atoms with Crippen molar-refractivity contribution in [3.63, 3.8) is 0 Å². The van der Waals surface area contributed by atoms with Gasteiger partial charge in [-0.25, -0.2) is 18.2 Å². The standard InChI is InChI=1S/C36H38N5O7PS/c1-22-17-25(12-11-23(22)21-49(43)44)38-33-20-26(15-16-37-33)48-32-14-13-29(27-9-7-8-10-28(27)32)39-35(42)40-30-18-24(36(2,3)4)19-31(34(30)47-5)41-50(6,45)46/h7-20,41H,21H2,1-6H3,(H3-,37,38,39,40,42,43,44)/p+1. The van der Waals surface area contributed by atoms with E-state index >= 15 is 0 Å². The predicted octanol–water partition coefficient (Wildman–Crippen LogP) is 8.64. The van der Waals surface area contributed by atoms with E-state index in [1.54, 1.807) is 42.6 Å². The topological polar surface area (TPSA) is 168 Å². The Balaban J connectivity index is 1.37. The van der Waals surface area contributed by atoms with Crippen LogP contribution in [0.2, 0.25) is 0 Å². The second-order valence-electron chi connectivity index (χ2n) is 12.7. The van der Waals surface area contributed by atoms with Gasteiger partial charge in [-0.3, -0.25) is 4.72 Å². The molecule has 0 bridgehead atoms. The van der Waals surface area contributed by atoms with E-state index in [2.05, 4.69) is 25.7 Å². The lowest BCUT2D eigenvalue weighted by Gasteiger charge is -2.24. The average Bonchev–Trinajstić information content (AvgIpc) is 3.02. The van der Waals surface area contributed by atoms with Crippen molar-refractivity contribution < 1.29 is 32.1 Å². The molecule has 0 radical (unpaired) electrons. The van der Waals surface area contributed by atoms with E-state index in [0.717, 1.165) is 39.4 Å². The zero-order chi connectivity index (χ0) is 36.2. The summed E-state index contributed by atoms with van der Waals surface area (Å²) >= 11 is 0. The number of benzene rings is 4. The van der Waals surface area contributed by atoms with Crippen LogP contribution in [0.4, 0.5) is 33.4 Å². The molecule has 0 spiro atoms. The second-order valence-corrected chi connectivity index (χ2v) is 15.5. The highest BCUT2D eigenvalue weighted by atomic mass is 32.2. The zero-order valence-corrected chi connectivity index (χ0v) is 30.2. The number of urea groups is 1. The van der Waals surface area contributed by atoms with E-state index in [9.17, 15) is 22.7 Å². The number of rotatable bonds is 11. The molecule has 14 heteroatoms. The number of carbonyl (C=O) groups is 1. The zero-order valence-electron chi connectivity index (χ0n) is 28.5. The average molecular weight is 717 g/mol. The van der Waals surface area contributed by atoms with Gasteiger partial charge in [-0.05, 0) is 70.5 Å². The maximum absolute atomic E-state index is 13.4. The summed E-state index contributed by atoms with van der Waals surface area (Å²) in [4.78, 5) is 27.1. The van der Waals surface area contributed by atoms with Crippen molar-refractivity contribution in [2.75, 3.05) is 34.0 Å². The number of pyridine rings is 1. The van der Waals surface area contributed by atoms with Crippen LogP contribution in [-0.4, -0.2) is 37.7 Å². The molecule has 5 N–H and O–H groups in total.